The topological polar surface area (TPSA) is 100.0 Å². The SMILES string of the molecule is Cc1c(C(=O)C2OC(=O)C(=O)O2)c(OCCN2CCCCC2)nn1-c1ccc(Cl)c(Cl)c1. The van der Waals surface area contributed by atoms with Gasteiger partial charge in [0.05, 0.1) is 21.4 Å². The fourth-order valence-electron chi connectivity index (χ4n) is 3.72. The van der Waals surface area contributed by atoms with Crippen LogP contribution in [0.2, 0.25) is 10.0 Å². The molecule has 2 fully saturated rings. The van der Waals surface area contributed by atoms with Gasteiger partial charge in [-0.25, -0.2) is 14.3 Å². The number of hydrogen-bond donors (Lipinski definition) is 0. The summed E-state index contributed by atoms with van der Waals surface area (Å²) in [6.07, 6.45) is 1.84. The zero-order valence-electron chi connectivity index (χ0n) is 17.3. The Morgan fingerprint density at radius 1 is 1.12 bits per heavy atom. The lowest BCUT2D eigenvalue weighted by molar-refractivity contribution is -0.150. The molecule has 170 valence electrons. The molecule has 11 heteroatoms. The third-order valence-corrected chi connectivity index (χ3v) is 6.12. The number of ketones is 1. The van der Waals surface area contributed by atoms with Gasteiger partial charge in [0.25, 0.3) is 5.78 Å². The second-order valence-corrected chi connectivity index (χ2v) is 8.35. The molecular formula is C21H21Cl2N3O6. The molecular weight excluding hydrogens is 461 g/mol. The normalized spacial score (nSPS) is 17.3. The van der Waals surface area contributed by atoms with Crippen molar-refractivity contribution in [2.24, 2.45) is 0 Å². The van der Waals surface area contributed by atoms with E-state index in [1.54, 1.807) is 25.1 Å². The summed E-state index contributed by atoms with van der Waals surface area (Å²) in [5.74, 6) is -3.12. The second-order valence-electron chi connectivity index (χ2n) is 7.53. The average molecular weight is 482 g/mol. The first-order valence-corrected chi connectivity index (χ1v) is 11.0. The molecule has 0 N–H and O–H groups in total. The molecule has 0 atom stereocenters. The van der Waals surface area contributed by atoms with Crippen molar-refractivity contribution in [2.75, 3.05) is 26.2 Å². The first-order chi connectivity index (χ1) is 15.3. The third kappa shape index (κ3) is 4.60. The van der Waals surface area contributed by atoms with Gasteiger partial charge in [0.2, 0.25) is 5.88 Å². The molecule has 2 saturated heterocycles. The van der Waals surface area contributed by atoms with Gasteiger partial charge in [0.1, 0.15) is 12.2 Å². The predicted molar refractivity (Wildman–Crippen MR) is 114 cm³/mol. The van der Waals surface area contributed by atoms with Crippen LogP contribution in [0, 0.1) is 6.92 Å². The van der Waals surface area contributed by atoms with E-state index < -0.39 is 24.0 Å². The van der Waals surface area contributed by atoms with Gasteiger partial charge < -0.3 is 14.2 Å². The number of benzene rings is 1. The lowest BCUT2D eigenvalue weighted by Crippen LogP contribution is -2.33. The Bertz CT molecular complexity index is 1050. The molecule has 32 heavy (non-hydrogen) atoms. The number of carbonyl (C=O) groups is 3. The summed E-state index contributed by atoms with van der Waals surface area (Å²) in [4.78, 5) is 38.2. The molecule has 2 aliphatic rings. The van der Waals surface area contributed by atoms with Crippen LogP contribution in [0.25, 0.3) is 5.69 Å². The summed E-state index contributed by atoms with van der Waals surface area (Å²) in [5, 5.41) is 5.13. The standard InChI is InChI=1S/C21H21Cl2N3O6/c1-12-16(17(27)21-31-19(28)20(29)32-21)18(30-10-9-25-7-3-2-4-8-25)24-26(12)13-5-6-14(22)15(23)11-13/h5-6,11,21H,2-4,7-10H2,1H3. The van der Waals surface area contributed by atoms with Crippen molar-refractivity contribution >= 4 is 40.9 Å². The Kier molecular flexibility index (Phi) is 6.68. The number of piperidine rings is 1. The number of nitrogens with zero attached hydrogens (tertiary/aromatic N) is 3. The van der Waals surface area contributed by atoms with Gasteiger partial charge in [-0.3, -0.25) is 9.69 Å². The molecule has 1 aromatic heterocycles. The number of esters is 2. The number of carbonyl (C=O) groups excluding carboxylic acids is 3. The number of likely N-dealkylation sites (tertiary alicyclic amines) is 1. The van der Waals surface area contributed by atoms with Crippen molar-refractivity contribution in [3.05, 3.63) is 39.5 Å². The molecule has 0 unspecified atom stereocenters. The van der Waals surface area contributed by atoms with Crippen LogP contribution in [0.4, 0.5) is 0 Å². The fraction of sp³-hybridized carbons (Fsp3) is 0.429. The van der Waals surface area contributed by atoms with Gasteiger partial charge in [0, 0.05) is 6.54 Å². The molecule has 0 amide bonds. The molecule has 4 rings (SSSR count). The highest BCUT2D eigenvalue weighted by atomic mass is 35.5. The van der Waals surface area contributed by atoms with E-state index in [1.165, 1.54) is 11.1 Å². The molecule has 0 radical (unpaired) electrons. The Morgan fingerprint density at radius 2 is 1.81 bits per heavy atom. The third-order valence-electron chi connectivity index (χ3n) is 5.38. The molecule has 0 aliphatic carbocycles. The molecule has 9 nitrogen and oxygen atoms in total. The molecule has 0 spiro atoms. The number of ether oxygens (including phenoxy) is 3. The maximum Gasteiger partial charge on any atom is 0.421 e. The van der Waals surface area contributed by atoms with E-state index in [-0.39, 0.29) is 11.4 Å². The Balaban J connectivity index is 1.62. The van der Waals surface area contributed by atoms with Gasteiger partial charge in [-0.05, 0) is 51.1 Å². The lowest BCUT2D eigenvalue weighted by atomic mass is 10.1. The minimum absolute atomic E-state index is 0.0505. The average Bonchev–Trinajstić information content (AvgIpc) is 3.29. The molecule has 0 bridgehead atoms. The predicted octanol–water partition coefficient (Wildman–Crippen LogP) is 2.96. The van der Waals surface area contributed by atoms with Crippen molar-refractivity contribution in [3.63, 3.8) is 0 Å². The molecule has 1 aromatic carbocycles. The first-order valence-electron chi connectivity index (χ1n) is 10.2. The van der Waals surface area contributed by atoms with E-state index >= 15 is 0 Å². The van der Waals surface area contributed by atoms with Gasteiger partial charge in [-0.2, -0.15) is 0 Å². The Labute approximate surface area is 194 Å². The van der Waals surface area contributed by atoms with Crippen LogP contribution >= 0.6 is 23.2 Å². The van der Waals surface area contributed by atoms with Crippen LogP contribution in [0.3, 0.4) is 0 Å². The van der Waals surface area contributed by atoms with Crippen molar-refractivity contribution < 1.29 is 28.6 Å². The van der Waals surface area contributed by atoms with Crippen LogP contribution in [-0.4, -0.2) is 64.9 Å². The summed E-state index contributed by atoms with van der Waals surface area (Å²) < 4.78 is 16.9. The van der Waals surface area contributed by atoms with Crippen LogP contribution in [0.1, 0.15) is 35.3 Å². The maximum atomic E-state index is 13.1. The molecule has 2 aromatic rings. The summed E-state index contributed by atoms with van der Waals surface area (Å²) in [6, 6.07) is 4.90. The van der Waals surface area contributed by atoms with E-state index in [0.29, 0.717) is 34.6 Å². The van der Waals surface area contributed by atoms with E-state index in [2.05, 4.69) is 10.00 Å². The number of halogens is 2. The largest absolute Gasteiger partial charge is 0.475 e. The maximum absolute atomic E-state index is 13.1. The summed E-state index contributed by atoms with van der Waals surface area (Å²) >= 11 is 12.1. The summed E-state index contributed by atoms with van der Waals surface area (Å²) in [6.45, 7) is 4.64. The molecule has 2 aliphatic heterocycles. The highest BCUT2D eigenvalue weighted by molar-refractivity contribution is 6.42. The number of aromatic nitrogens is 2. The summed E-state index contributed by atoms with van der Waals surface area (Å²) in [5.41, 5.74) is 1.01. The number of cyclic esters (lactones) is 2. The monoisotopic (exact) mass is 481 g/mol. The number of rotatable bonds is 7. The van der Waals surface area contributed by atoms with Crippen LogP contribution in [0.15, 0.2) is 18.2 Å². The van der Waals surface area contributed by atoms with Crippen molar-refractivity contribution in [1.29, 1.82) is 0 Å². The van der Waals surface area contributed by atoms with Gasteiger partial charge in [-0.15, -0.1) is 5.10 Å². The first kappa shape index (κ1) is 22.6. The lowest BCUT2D eigenvalue weighted by Gasteiger charge is -2.25. The van der Waals surface area contributed by atoms with Gasteiger partial charge in [-0.1, -0.05) is 29.6 Å². The summed E-state index contributed by atoms with van der Waals surface area (Å²) in [7, 11) is 0. The van der Waals surface area contributed by atoms with Crippen LogP contribution < -0.4 is 4.74 Å². The Hall–Kier alpha value is -2.62. The zero-order chi connectivity index (χ0) is 22.8. The number of Topliss-reactive ketones (excluding diaryl/α,β-unsaturated/α-hetero) is 1. The highest BCUT2D eigenvalue weighted by Gasteiger charge is 2.42. The highest BCUT2D eigenvalue weighted by Crippen LogP contribution is 2.30. The van der Waals surface area contributed by atoms with E-state index in [1.807, 2.05) is 0 Å². The fourth-order valence-corrected chi connectivity index (χ4v) is 4.02. The van der Waals surface area contributed by atoms with E-state index in [9.17, 15) is 14.4 Å². The van der Waals surface area contributed by atoms with Gasteiger partial charge in [0.15, 0.2) is 0 Å². The van der Waals surface area contributed by atoms with Crippen molar-refractivity contribution in [3.8, 4) is 11.6 Å². The van der Waals surface area contributed by atoms with Crippen LogP contribution in [-0.2, 0) is 19.1 Å². The van der Waals surface area contributed by atoms with E-state index in [4.69, 9.17) is 37.4 Å². The van der Waals surface area contributed by atoms with Crippen molar-refractivity contribution in [2.45, 2.75) is 32.5 Å². The Morgan fingerprint density at radius 3 is 2.47 bits per heavy atom. The minimum Gasteiger partial charge on any atom is -0.475 e. The second kappa shape index (κ2) is 9.48. The quantitative estimate of drug-likeness (QED) is 0.338. The minimum atomic E-state index is -1.68. The zero-order valence-corrected chi connectivity index (χ0v) is 18.8. The molecule has 0 saturated carbocycles. The van der Waals surface area contributed by atoms with Crippen molar-refractivity contribution in [1.82, 2.24) is 14.7 Å². The van der Waals surface area contributed by atoms with Gasteiger partial charge >= 0.3 is 18.2 Å². The number of hydrogen-bond acceptors (Lipinski definition) is 8. The van der Waals surface area contributed by atoms with E-state index in [0.717, 1.165) is 25.9 Å². The molecule has 3 heterocycles. The smallest absolute Gasteiger partial charge is 0.421 e. The van der Waals surface area contributed by atoms with Crippen LogP contribution in [0.5, 0.6) is 5.88 Å².